The highest BCUT2D eigenvalue weighted by Gasteiger charge is 2.26. The third-order valence-corrected chi connectivity index (χ3v) is 3.35. The summed E-state index contributed by atoms with van der Waals surface area (Å²) in [6, 6.07) is 0.458. The number of hydrogen-bond acceptors (Lipinski definition) is 8. The maximum atomic E-state index is 6.16. The molecule has 2 heterocycles. The van der Waals surface area contributed by atoms with E-state index in [0.717, 1.165) is 0 Å². The van der Waals surface area contributed by atoms with Crippen LogP contribution in [-0.4, -0.2) is 42.3 Å². The smallest absolute Gasteiger partial charge is 0.320 e. The molecule has 0 aliphatic carbocycles. The first-order valence-electron chi connectivity index (χ1n) is 10.8. The van der Waals surface area contributed by atoms with Crippen molar-refractivity contribution >= 4 is 0 Å². The van der Waals surface area contributed by atoms with Gasteiger partial charge in [-0.3, -0.25) is 0 Å². The van der Waals surface area contributed by atoms with Crippen LogP contribution >= 0.6 is 0 Å². The van der Waals surface area contributed by atoms with Crippen LogP contribution < -0.4 is 18.9 Å². The van der Waals surface area contributed by atoms with Crippen molar-refractivity contribution < 1.29 is 18.9 Å². The first-order chi connectivity index (χ1) is 14.3. The number of nitrogens with zero attached hydrogens (tertiary/aromatic N) is 4. The molecule has 0 fully saturated rings. The Hall–Kier alpha value is -2.64. The lowest BCUT2D eigenvalue weighted by Gasteiger charge is -2.26. The molecule has 2 aromatic heterocycles. The van der Waals surface area contributed by atoms with Gasteiger partial charge in [-0.05, 0) is 83.1 Å². The first-order valence-corrected chi connectivity index (χ1v) is 10.8. The van der Waals surface area contributed by atoms with Crippen LogP contribution in [0.15, 0.2) is 12.4 Å². The average Bonchev–Trinajstić information content (AvgIpc) is 2.50. The third-order valence-electron chi connectivity index (χ3n) is 3.35. The van der Waals surface area contributed by atoms with Crippen LogP contribution in [0, 0.1) is 0 Å². The van der Waals surface area contributed by atoms with Crippen LogP contribution in [0.5, 0.6) is 23.8 Å². The van der Waals surface area contributed by atoms with E-state index in [-0.39, 0.29) is 12.0 Å². The van der Waals surface area contributed by atoms with Crippen molar-refractivity contribution in [2.45, 2.75) is 105 Å². The van der Waals surface area contributed by atoms with E-state index in [0.29, 0.717) is 22.9 Å². The lowest BCUT2D eigenvalue weighted by Crippen LogP contribution is -2.27. The molecule has 0 saturated carbocycles. The minimum Gasteiger partial charge on any atom is -0.471 e. The van der Waals surface area contributed by atoms with Crippen molar-refractivity contribution in [3.05, 3.63) is 12.4 Å². The van der Waals surface area contributed by atoms with E-state index in [2.05, 4.69) is 19.9 Å². The molecule has 2 rings (SSSR count). The summed E-state index contributed by atoms with van der Waals surface area (Å²) in [5.74, 6) is 0.720. The molecular formula is C24H38N4O4. The molecule has 32 heavy (non-hydrogen) atoms. The van der Waals surface area contributed by atoms with Gasteiger partial charge in [0.2, 0.25) is 11.8 Å². The summed E-state index contributed by atoms with van der Waals surface area (Å²) in [5.41, 5.74) is -0.691. The Bertz CT molecular complexity index is 855. The van der Waals surface area contributed by atoms with Gasteiger partial charge in [0.05, 0.1) is 11.1 Å². The minimum absolute atomic E-state index is 0.229. The van der Waals surface area contributed by atoms with Crippen LogP contribution in [0.25, 0.3) is 11.1 Å². The molecule has 0 bridgehead atoms. The lowest BCUT2D eigenvalue weighted by atomic mass is 10.1. The highest BCUT2D eigenvalue weighted by Crippen LogP contribution is 2.38. The van der Waals surface area contributed by atoms with Crippen LogP contribution in [0.4, 0.5) is 0 Å². The zero-order valence-corrected chi connectivity index (χ0v) is 21.6. The second-order valence-electron chi connectivity index (χ2n) is 11.6. The van der Waals surface area contributed by atoms with E-state index in [9.17, 15) is 0 Å². The molecule has 0 unspecified atom stereocenters. The van der Waals surface area contributed by atoms with Crippen LogP contribution in [0.1, 0.15) is 83.1 Å². The minimum atomic E-state index is -0.497. The summed E-state index contributed by atoms with van der Waals surface area (Å²) in [7, 11) is 0. The molecule has 0 N–H and O–H groups in total. The van der Waals surface area contributed by atoms with Crippen molar-refractivity contribution in [2.75, 3.05) is 0 Å². The summed E-state index contributed by atoms with van der Waals surface area (Å²) < 4.78 is 24.0. The fraction of sp³-hybridized carbons (Fsp3) is 0.667. The molecule has 0 amide bonds. The van der Waals surface area contributed by atoms with Gasteiger partial charge in [-0.25, -0.2) is 9.97 Å². The fourth-order valence-electron chi connectivity index (χ4n) is 2.45. The predicted molar refractivity (Wildman–Crippen MR) is 125 cm³/mol. The monoisotopic (exact) mass is 446 g/mol. The number of rotatable bonds is 5. The molecule has 8 heteroatoms. The van der Waals surface area contributed by atoms with Gasteiger partial charge in [0, 0.05) is 12.4 Å². The highest BCUT2D eigenvalue weighted by atomic mass is 16.5. The van der Waals surface area contributed by atoms with Gasteiger partial charge < -0.3 is 18.9 Å². The van der Waals surface area contributed by atoms with Crippen molar-refractivity contribution in [1.82, 2.24) is 19.9 Å². The molecule has 2 aromatic rings. The Morgan fingerprint density at radius 3 is 1.00 bits per heavy atom. The maximum Gasteiger partial charge on any atom is 0.320 e. The van der Waals surface area contributed by atoms with Crippen molar-refractivity contribution in [2.24, 2.45) is 0 Å². The van der Waals surface area contributed by atoms with Crippen molar-refractivity contribution in [3.8, 4) is 34.9 Å². The van der Waals surface area contributed by atoms with Crippen LogP contribution in [0.3, 0.4) is 0 Å². The molecule has 0 radical (unpaired) electrons. The van der Waals surface area contributed by atoms with E-state index in [4.69, 9.17) is 18.9 Å². The number of ether oxygens (including phenoxy) is 4. The van der Waals surface area contributed by atoms with E-state index >= 15 is 0 Å². The lowest BCUT2D eigenvalue weighted by molar-refractivity contribution is 0.100. The summed E-state index contributed by atoms with van der Waals surface area (Å²) in [4.78, 5) is 17.9. The molecule has 0 saturated heterocycles. The van der Waals surface area contributed by atoms with Crippen LogP contribution in [0.2, 0.25) is 0 Å². The Morgan fingerprint density at radius 1 is 0.469 bits per heavy atom. The van der Waals surface area contributed by atoms with Gasteiger partial charge >= 0.3 is 12.0 Å². The summed E-state index contributed by atoms with van der Waals surface area (Å²) in [6.07, 6.45) is 3.29. The zero-order chi connectivity index (χ0) is 24.5. The normalized spacial score (nSPS) is 13.0. The third kappa shape index (κ3) is 8.48. The number of aromatic nitrogens is 4. The summed E-state index contributed by atoms with van der Waals surface area (Å²) in [5, 5.41) is 0. The van der Waals surface area contributed by atoms with E-state index in [1.165, 1.54) is 0 Å². The topological polar surface area (TPSA) is 88.5 Å². The Balaban J connectivity index is 2.64. The standard InChI is InChI=1S/C24H38N4O4/c1-21(2,3)29-17-15(13-25-19(27-17)31-23(7,8)9)16-14-26-20(32-24(10,11)12)28-18(16)30-22(4,5)6/h13-14H,1-12H3. The van der Waals surface area contributed by atoms with Gasteiger partial charge in [-0.2, -0.15) is 9.97 Å². The molecule has 178 valence electrons. The highest BCUT2D eigenvalue weighted by molar-refractivity contribution is 5.72. The second-order valence-corrected chi connectivity index (χ2v) is 11.6. The summed E-state index contributed by atoms with van der Waals surface area (Å²) in [6.45, 7) is 23.3. The van der Waals surface area contributed by atoms with Crippen molar-refractivity contribution in [1.29, 1.82) is 0 Å². The Morgan fingerprint density at radius 2 is 0.750 bits per heavy atom. The first kappa shape index (κ1) is 25.6. The number of hydrogen-bond donors (Lipinski definition) is 0. The Labute approximate surface area is 192 Å². The largest absolute Gasteiger partial charge is 0.471 e. The predicted octanol–water partition coefficient (Wildman–Crippen LogP) is 5.64. The molecule has 0 atom stereocenters. The van der Waals surface area contributed by atoms with Gasteiger partial charge in [0.25, 0.3) is 0 Å². The average molecular weight is 447 g/mol. The fourth-order valence-corrected chi connectivity index (χ4v) is 2.45. The van der Waals surface area contributed by atoms with E-state index < -0.39 is 22.4 Å². The quantitative estimate of drug-likeness (QED) is 0.583. The van der Waals surface area contributed by atoms with Gasteiger partial charge in [-0.1, -0.05) is 0 Å². The SMILES string of the molecule is CC(C)(C)Oc1ncc(-c2cnc(OC(C)(C)C)nc2OC(C)(C)C)c(OC(C)(C)C)n1. The van der Waals surface area contributed by atoms with Gasteiger partial charge in [0.1, 0.15) is 22.4 Å². The van der Waals surface area contributed by atoms with Gasteiger partial charge in [-0.15, -0.1) is 0 Å². The molecule has 8 nitrogen and oxygen atoms in total. The summed E-state index contributed by atoms with van der Waals surface area (Å²) >= 11 is 0. The van der Waals surface area contributed by atoms with Crippen LogP contribution in [-0.2, 0) is 0 Å². The molecule has 0 spiro atoms. The van der Waals surface area contributed by atoms with E-state index in [1.807, 2.05) is 83.1 Å². The van der Waals surface area contributed by atoms with Crippen molar-refractivity contribution in [3.63, 3.8) is 0 Å². The van der Waals surface area contributed by atoms with Gasteiger partial charge in [0.15, 0.2) is 0 Å². The Kier molecular flexibility index (Phi) is 6.98. The van der Waals surface area contributed by atoms with E-state index in [1.54, 1.807) is 12.4 Å². The molecule has 0 aromatic carbocycles. The second kappa shape index (κ2) is 8.71. The molecule has 0 aliphatic rings. The molecule has 0 aliphatic heterocycles. The molecular weight excluding hydrogens is 408 g/mol. The maximum absolute atomic E-state index is 6.16. The zero-order valence-electron chi connectivity index (χ0n) is 21.6.